The largest absolute Gasteiger partial charge is 0.478 e. The molecule has 24 heavy (non-hydrogen) atoms. The van der Waals surface area contributed by atoms with Crippen molar-refractivity contribution >= 4 is 22.6 Å². The van der Waals surface area contributed by atoms with Gasteiger partial charge in [0.1, 0.15) is 0 Å². The van der Waals surface area contributed by atoms with Crippen LogP contribution in [-0.2, 0) is 4.74 Å². The summed E-state index contributed by atoms with van der Waals surface area (Å²) >= 11 is 0. The topological polar surface area (TPSA) is 74.7 Å². The molecule has 1 aromatic carbocycles. The van der Waals surface area contributed by atoms with Gasteiger partial charge in [0.25, 0.3) is 0 Å². The lowest BCUT2D eigenvalue weighted by atomic mass is 10.1. The second-order valence-corrected chi connectivity index (χ2v) is 6.08. The number of fused-ring (bicyclic) bond motifs is 1. The molecule has 0 spiro atoms. The number of aromatic nitrogens is 1. The molecule has 1 aromatic heterocycles. The molecule has 0 unspecified atom stereocenters. The number of rotatable bonds is 6. The van der Waals surface area contributed by atoms with Crippen molar-refractivity contribution in [3.05, 3.63) is 35.5 Å². The number of carboxylic acids is 1. The van der Waals surface area contributed by atoms with Crippen molar-refractivity contribution in [1.82, 2.24) is 9.88 Å². The number of morpholine rings is 1. The molecule has 0 atom stereocenters. The minimum Gasteiger partial charge on any atom is -0.478 e. The van der Waals surface area contributed by atoms with E-state index in [0.717, 1.165) is 62.6 Å². The number of hydrogen-bond acceptors (Lipinski definition) is 5. The van der Waals surface area contributed by atoms with E-state index in [4.69, 9.17) is 9.84 Å². The summed E-state index contributed by atoms with van der Waals surface area (Å²) in [6.45, 7) is 7.52. The van der Waals surface area contributed by atoms with Gasteiger partial charge in [-0.1, -0.05) is 0 Å². The quantitative estimate of drug-likeness (QED) is 0.793. The third kappa shape index (κ3) is 4.01. The number of carboxylic acid groups (broad SMARTS) is 1. The highest BCUT2D eigenvalue weighted by molar-refractivity contribution is 5.97. The van der Waals surface area contributed by atoms with Gasteiger partial charge in [0.2, 0.25) is 0 Å². The van der Waals surface area contributed by atoms with Gasteiger partial charge in [-0.25, -0.2) is 4.79 Å². The van der Waals surface area contributed by atoms with Crippen LogP contribution in [0.5, 0.6) is 0 Å². The average Bonchev–Trinajstić information content (AvgIpc) is 2.58. The first-order valence-corrected chi connectivity index (χ1v) is 8.32. The van der Waals surface area contributed by atoms with Crippen LogP contribution in [-0.4, -0.2) is 60.4 Å². The number of anilines is 1. The molecule has 2 aromatic rings. The zero-order valence-corrected chi connectivity index (χ0v) is 13.9. The minimum absolute atomic E-state index is 0.263. The Morgan fingerprint density at radius 1 is 1.33 bits per heavy atom. The fraction of sp³-hybridized carbons (Fsp3) is 0.444. The highest BCUT2D eigenvalue weighted by Crippen LogP contribution is 2.24. The van der Waals surface area contributed by atoms with E-state index in [1.807, 2.05) is 19.1 Å². The SMILES string of the molecule is Cc1cc(NCCCN2CCOCC2)c2ccc(C(=O)O)cc2n1. The number of aromatic carboxylic acids is 1. The molecule has 2 N–H and O–H groups in total. The molecule has 2 heterocycles. The number of aryl methyl sites for hydroxylation is 1. The lowest BCUT2D eigenvalue weighted by Crippen LogP contribution is -2.37. The van der Waals surface area contributed by atoms with Crippen molar-refractivity contribution in [3.63, 3.8) is 0 Å². The van der Waals surface area contributed by atoms with Crippen molar-refractivity contribution in [2.75, 3.05) is 44.7 Å². The van der Waals surface area contributed by atoms with Gasteiger partial charge in [0, 0.05) is 36.4 Å². The molecular weight excluding hydrogens is 306 g/mol. The summed E-state index contributed by atoms with van der Waals surface area (Å²) in [5.74, 6) is -0.930. The standard InChI is InChI=1S/C18H23N3O3/c1-13-11-16(19-5-2-6-21-7-9-24-10-8-21)15-4-3-14(18(22)23)12-17(15)20-13/h3-4,11-12H,2,5-10H2,1H3,(H,19,20)(H,22,23). The van der Waals surface area contributed by atoms with Gasteiger partial charge < -0.3 is 15.2 Å². The second-order valence-electron chi connectivity index (χ2n) is 6.08. The first-order valence-electron chi connectivity index (χ1n) is 8.32. The normalized spacial score (nSPS) is 15.5. The number of nitrogens with one attached hydrogen (secondary N) is 1. The predicted octanol–water partition coefficient (Wildman–Crippen LogP) is 2.38. The summed E-state index contributed by atoms with van der Waals surface area (Å²) in [6, 6.07) is 7.09. The van der Waals surface area contributed by atoms with E-state index in [-0.39, 0.29) is 5.56 Å². The molecule has 0 saturated carbocycles. The Hall–Kier alpha value is -2.18. The van der Waals surface area contributed by atoms with E-state index in [1.165, 1.54) is 0 Å². The number of carbonyl (C=O) groups is 1. The lowest BCUT2D eigenvalue weighted by molar-refractivity contribution is 0.0378. The molecule has 1 aliphatic rings. The van der Waals surface area contributed by atoms with Gasteiger partial charge in [-0.15, -0.1) is 0 Å². The Bertz CT molecular complexity index is 727. The molecule has 6 heteroatoms. The molecule has 0 aliphatic carbocycles. The number of benzene rings is 1. The van der Waals surface area contributed by atoms with Crippen molar-refractivity contribution in [1.29, 1.82) is 0 Å². The molecule has 128 valence electrons. The van der Waals surface area contributed by atoms with Gasteiger partial charge in [-0.2, -0.15) is 0 Å². The molecule has 0 radical (unpaired) electrons. The molecule has 6 nitrogen and oxygen atoms in total. The van der Waals surface area contributed by atoms with E-state index in [1.54, 1.807) is 12.1 Å². The maximum atomic E-state index is 11.1. The summed E-state index contributed by atoms with van der Waals surface area (Å²) < 4.78 is 5.36. The van der Waals surface area contributed by atoms with Crippen LogP contribution >= 0.6 is 0 Å². The van der Waals surface area contributed by atoms with Crippen LogP contribution in [0.25, 0.3) is 10.9 Å². The summed E-state index contributed by atoms with van der Waals surface area (Å²) in [5, 5.41) is 13.6. The van der Waals surface area contributed by atoms with Gasteiger partial charge in [-0.05, 0) is 44.2 Å². The smallest absolute Gasteiger partial charge is 0.335 e. The first-order chi connectivity index (χ1) is 11.6. The molecule has 1 saturated heterocycles. The third-order valence-corrected chi connectivity index (χ3v) is 4.26. The van der Waals surface area contributed by atoms with E-state index in [2.05, 4.69) is 15.2 Å². The Morgan fingerprint density at radius 3 is 2.88 bits per heavy atom. The predicted molar refractivity (Wildman–Crippen MR) is 93.8 cm³/mol. The van der Waals surface area contributed by atoms with Gasteiger partial charge in [0.15, 0.2) is 0 Å². The average molecular weight is 329 g/mol. The van der Waals surface area contributed by atoms with Gasteiger partial charge in [-0.3, -0.25) is 9.88 Å². The van der Waals surface area contributed by atoms with Gasteiger partial charge >= 0.3 is 5.97 Å². The zero-order chi connectivity index (χ0) is 16.9. The number of nitrogens with zero attached hydrogens (tertiary/aromatic N) is 2. The Balaban J connectivity index is 1.66. The van der Waals surface area contributed by atoms with Crippen LogP contribution in [0.3, 0.4) is 0 Å². The molecule has 1 fully saturated rings. The zero-order valence-electron chi connectivity index (χ0n) is 13.9. The molecule has 1 aliphatic heterocycles. The Kier molecular flexibility index (Phi) is 5.27. The fourth-order valence-corrected chi connectivity index (χ4v) is 2.99. The maximum Gasteiger partial charge on any atom is 0.335 e. The molecular formula is C18H23N3O3. The van der Waals surface area contributed by atoms with Crippen LogP contribution in [0.1, 0.15) is 22.5 Å². The van der Waals surface area contributed by atoms with Crippen LogP contribution < -0.4 is 5.32 Å². The van der Waals surface area contributed by atoms with Crippen LogP contribution in [0.15, 0.2) is 24.3 Å². The summed E-state index contributed by atoms with van der Waals surface area (Å²) in [5.41, 5.74) is 2.86. The van der Waals surface area contributed by atoms with E-state index in [9.17, 15) is 4.79 Å². The highest BCUT2D eigenvalue weighted by atomic mass is 16.5. The van der Waals surface area contributed by atoms with E-state index in [0.29, 0.717) is 5.52 Å². The van der Waals surface area contributed by atoms with Crippen LogP contribution in [0.2, 0.25) is 0 Å². The highest BCUT2D eigenvalue weighted by Gasteiger charge is 2.10. The summed E-state index contributed by atoms with van der Waals surface area (Å²) in [4.78, 5) is 18.0. The third-order valence-electron chi connectivity index (χ3n) is 4.26. The second kappa shape index (κ2) is 7.59. The Morgan fingerprint density at radius 2 is 2.12 bits per heavy atom. The maximum absolute atomic E-state index is 11.1. The summed E-state index contributed by atoms with van der Waals surface area (Å²) in [6.07, 6.45) is 1.05. The van der Waals surface area contributed by atoms with Crippen LogP contribution in [0.4, 0.5) is 5.69 Å². The van der Waals surface area contributed by atoms with E-state index < -0.39 is 5.97 Å². The first kappa shape index (κ1) is 16.7. The van der Waals surface area contributed by atoms with E-state index >= 15 is 0 Å². The van der Waals surface area contributed by atoms with Crippen molar-refractivity contribution in [3.8, 4) is 0 Å². The summed E-state index contributed by atoms with van der Waals surface area (Å²) in [7, 11) is 0. The van der Waals surface area contributed by atoms with Crippen LogP contribution in [0, 0.1) is 6.92 Å². The fourth-order valence-electron chi connectivity index (χ4n) is 2.99. The number of ether oxygens (including phenoxy) is 1. The number of pyridine rings is 1. The van der Waals surface area contributed by atoms with Crippen molar-refractivity contribution in [2.24, 2.45) is 0 Å². The lowest BCUT2D eigenvalue weighted by Gasteiger charge is -2.26. The molecule has 0 amide bonds. The monoisotopic (exact) mass is 329 g/mol. The van der Waals surface area contributed by atoms with Gasteiger partial charge in [0.05, 0.1) is 24.3 Å². The number of hydrogen-bond donors (Lipinski definition) is 2. The molecule has 3 rings (SSSR count). The molecule has 0 bridgehead atoms. The minimum atomic E-state index is -0.930. The Labute approximate surface area is 141 Å². The van der Waals surface area contributed by atoms with Crippen molar-refractivity contribution in [2.45, 2.75) is 13.3 Å². The van der Waals surface area contributed by atoms with Crippen molar-refractivity contribution < 1.29 is 14.6 Å².